The second-order valence-electron chi connectivity index (χ2n) is 4.54. The van der Waals surface area contributed by atoms with Crippen molar-refractivity contribution >= 4 is 23.3 Å². The maximum absolute atomic E-state index is 11.7. The Kier molecular flexibility index (Phi) is 6.03. The molecule has 0 fully saturated rings. The fourth-order valence-corrected chi connectivity index (χ4v) is 1.86. The molecular formula is C16H17ClN2O3. The number of hydrogen-bond acceptors (Lipinski definition) is 4. The van der Waals surface area contributed by atoms with Gasteiger partial charge in [0.05, 0.1) is 18.7 Å². The van der Waals surface area contributed by atoms with Crippen LogP contribution in [0, 0.1) is 0 Å². The van der Waals surface area contributed by atoms with Gasteiger partial charge in [0.1, 0.15) is 17.3 Å². The molecule has 22 heavy (non-hydrogen) atoms. The molecule has 0 unspecified atom stereocenters. The Morgan fingerprint density at radius 2 is 1.91 bits per heavy atom. The van der Waals surface area contributed by atoms with Crippen molar-refractivity contribution in [2.45, 2.75) is 12.8 Å². The van der Waals surface area contributed by atoms with Gasteiger partial charge in [0.25, 0.3) is 0 Å². The third-order valence-electron chi connectivity index (χ3n) is 2.87. The summed E-state index contributed by atoms with van der Waals surface area (Å²) in [5.41, 5.74) is 0. The molecule has 1 N–H and O–H groups in total. The average molecular weight is 321 g/mol. The van der Waals surface area contributed by atoms with Crippen LogP contribution < -0.4 is 14.8 Å². The molecule has 0 atom stereocenters. The number of nitrogens with zero attached hydrogens (tertiary/aromatic N) is 1. The average Bonchev–Trinajstić information content (AvgIpc) is 2.54. The molecule has 1 aromatic heterocycles. The van der Waals surface area contributed by atoms with Gasteiger partial charge < -0.3 is 14.8 Å². The smallest absolute Gasteiger partial charge is 0.225 e. The lowest BCUT2D eigenvalue weighted by Gasteiger charge is -2.07. The summed E-state index contributed by atoms with van der Waals surface area (Å²) in [6.45, 7) is 0.466. The van der Waals surface area contributed by atoms with Crippen molar-refractivity contribution < 1.29 is 14.3 Å². The molecule has 1 heterocycles. The van der Waals surface area contributed by atoms with E-state index in [2.05, 4.69) is 10.3 Å². The van der Waals surface area contributed by atoms with Crippen LogP contribution in [0.15, 0.2) is 42.6 Å². The van der Waals surface area contributed by atoms with Crippen molar-refractivity contribution in [2.75, 3.05) is 19.0 Å². The number of amides is 1. The second-order valence-corrected chi connectivity index (χ2v) is 4.97. The first kappa shape index (κ1) is 16.1. The summed E-state index contributed by atoms with van der Waals surface area (Å²) in [5, 5.41) is 3.24. The lowest BCUT2D eigenvalue weighted by atomic mass is 10.3. The Hall–Kier alpha value is -2.27. The summed E-state index contributed by atoms with van der Waals surface area (Å²) in [7, 11) is 1.62. The van der Waals surface area contributed by atoms with Crippen LogP contribution in [0.25, 0.3) is 0 Å². The molecule has 0 saturated carbocycles. The van der Waals surface area contributed by atoms with E-state index in [4.69, 9.17) is 21.1 Å². The first-order chi connectivity index (χ1) is 10.7. The molecule has 1 aromatic carbocycles. The van der Waals surface area contributed by atoms with Gasteiger partial charge in [0, 0.05) is 12.6 Å². The highest BCUT2D eigenvalue weighted by atomic mass is 35.5. The fraction of sp³-hybridized carbons (Fsp3) is 0.250. The van der Waals surface area contributed by atoms with Crippen LogP contribution in [0.2, 0.25) is 5.02 Å². The number of pyridine rings is 1. The Labute approximate surface area is 134 Å². The van der Waals surface area contributed by atoms with Crippen LogP contribution in [-0.4, -0.2) is 24.6 Å². The van der Waals surface area contributed by atoms with Gasteiger partial charge in [-0.15, -0.1) is 0 Å². The van der Waals surface area contributed by atoms with E-state index in [1.54, 1.807) is 19.2 Å². The van der Waals surface area contributed by atoms with E-state index in [1.165, 1.54) is 6.20 Å². The van der Waals surface area contributed by atoms with E-state index in [1.807, 2.05) is 24.3 Å². The van der Waals surface area contributed by atoms with Gasteiger partial charge in [-0.1, -0.05) is 11.6 Å². The fourth-order valence-electron chi connectivity index (χ4n) is 1.75. The highest BCUT2D eigenvalue weighted by Crippen LogP contribution is 2.17. The Balaban J connectivity index is 1.67. The van der Waals surface area contributed by atoms with E-state index in [0.717, 1.165) is 11.5 Å². The van der Waals surface area contributed by atoms with Gasteiger partial charge in [-0.2, -0.15) is 0 Å². The zero-order valence-corrected chi connectivity index (χ0v) is 13.0. The minimum atomic E-state index is -0.104. The molecule has 1 amide bonds. The molecule has 116 valence electrons. The first-order valence-corrected chi connectivity index (χ1v) is 7.23. The van der Waals surface area contributed by atoms with E-state index < -0.39 is 0 Å². The van der Waals surface area contributed by atoms with Crippen LogP contribution in [0.5, 0.6) is 11.5 Å². The molecular weight excluding hydrogens is 304 g/mol. The predicted molar refractivity (Wildman–Crippen MR) is 85.6 cm³/mol. The highest BCUT2D eigenvalue weighted by molar-refractivity contribution is 6.30. The number of carbonyl (C=O) groups excluding carboxylic acids is 1. The molecule has 0 spiro atoms. The van der Waals surface area contributed by atoms with Crippen molar-refractivity contribution in [3.8, 4) is 11.5 Å². The Morgan fingerprint density at radius 3 is 2.55 bits per heavy atom. The Morgan fingerprint density at radius 1 is 1.18 bits per heavy atom. The topological polar surface area (TPSA) is 60.5 Å². The van der Waals surface area contributed by atoms with Gasteiger partial charge in [-0.05, 0) is 42.8 Å². The third kappa shape index (κ3) is 5.26. The van der Waals surface area contributed by atoms with Crippen molar-refractivity contribution in [3.63, 3.8) is 0 Å². The summed E-state index contributed by atoms with van der Waals surface area (Å²) < 4.78 is 10.6. The quantitative estimate of drug-likeness (QED) is 0.793. The maximum Gasteiger partial charge on any atom is 0.225 e. The molecule has 5 nitrogen and oxygen atoms in total. The van der Waals surface area contributed by atoms with Gasteiger partial charge in [0.2, 0.25) is 5.91 Å². The predicted octanol–water partition coefficient (Wildman–Crippen LogP) is 3.54. The van der Waals surface area contributed by atoms with Gasteiger partial charge >= 0.3 is 0 Å². The number of ether oxygens (including phenoxy) is 2. The number of carbonyl (C=O) groups is 1. The zero-order chi connectivity index (χ0) is 15.8. The SMILES string of the molecule is COc1ccc(OCCCC(=O)Nc2ccc(Cl)cn2)cc1. The number of aromatic nitrogens is 1. The molecule has 2 aromatic rings. The van der Waals surface area contributed by atoms with Gasteiger partial charge in [0.15, 0.2) is 0 Å². The molecule has 0 aliphatic carbocycles. The molecule has 2 rings (SSSR count). The molecule has 0 saturated heterocycles. The largest absolute Gasteiger partial charge is 0.497 e. The summed E-state index contributed by atoms with van der Waals surface area (Å²) >= 11 is 5.73. The number of nitrogens with one attached hydrogen (secondary N) is 1. The number of hydrogen-bond donors (Lipinski definition) is 1. The van der Waals surface area contributed by atoms with Crippen molar-refractivity contribution in [1.82, 2.24) is 4.98 Å². The molecule has 0 radical (unpaired) electrons. The molecule has 0 aliphatic heterocycles. The minimum absolute atomic E-state index is 0.104. The third-order valence-corrected chi connectivity index (χ3v) is 3.09. The van der Waals surface area contributed by atoms with E-state index in [0.29, 0.717) is 30.3 Å². The summed E-state index contributed by atoms with van der Waals surface area (Å²) in [5.74, 6) is 1.92. The van der Waals surface area contributed by atoms with Crippen molar-refractivity contribution in [3.05, 3.63) is 47.6 Å². The first-order valence-electron chi connectivity index (χ1n) is 6.85. The normalized spacial score (nSPS) is 10.1. The number of halogens is 1. The van der Waals surface area contributed by atoms with Crippen LogP contribution in [-0.2, 0) is 4.79 Å². The van der Waals surface area contributed by atoms with Crippen LogP contribution >= 0.6 is 11.6 Å². The summed E-state index contributed by atoms with van der Waals surface area (Å²) in [4.78, 5) is 15.7. The van der Waals surface area contributed by atoms with Crippen LogP contribution in [0.4, 0.5) is 5.82 Å². The molecule has 0 bridgehead atoms. The minimum Gasteiger partial charge on any atom is -0.497 e. The number of methoxy groups -OCH3 is 1. The van der Waals surface area contributed by atoms with Gasteiger partial charge in [-0.25, -0.2) is 4.98 Å². The molecule has 6 heteroatoms. The van der Waals surface area contributed by atoms with Gasteiger partial charge in [-0.3, -0.25) is 4.79 Å². The lowest BCUT2D eigenvalue weighted by Crippen LogP contribution is -2.13. The molecule has 0 aliphatic rings. The monoisotopic (exact) mass is 320 g/mol. The lowest BCUT2D eigenvalue weighted by molar-refractivity contribution is -0.116. The van der Waals surface area contributed by atoms with E-state index in [-0.39, 0.29) is 5.91 Å². The van der Waals surface area contributed by atoms with Crippen LogP contribution in [0.1, 0.15) is 12.8 Å². The van der Waals surface area contributed by atoms with Crippen molar-refractivity contribution in [2.24, 2.45) is 0 Å². The summed E-state index contributed by atoms with van der Waals surface area (Å²) in [6, 6.07) is 10.7. The Bertz CT molecular complexity index is 600. The van der Waals surface area contributed by atoms with E-state index in [9.17, 15) is 4.79 Å². The van der Waals surface area contributed by atoms with E-state index >= 15 is 0 Å². The number of benzene rings is 1. The summed E-state index contributed by atoms with van der Waals surface area (Å²) in [6.07, 6.45) is 2.47. The zero-order valence-electron chi connectivity index (χ0n) is 12.2. The maximum atomic E-state index is 11.7. The van der Waals surface area contributed by atoms with Crippen molar-refractivity contribution in [1.29, 1.82) is 0 Å². The highest BCUT2D eigenvalue weighted by Gasteiger charge is 2.03. The standard InChI is InChI=1S/C16H17ClN2O3/c1-21-13-5-7-14(8-6-13)22-10-2-3-16(20)19-15-9-4-12(17)11-18-15/h4-9,11H,2-3,10H2,1H3,(H,18,19,20). The second kappa shape index (κ2) is 8.24. The number of rotatable bonds is 7. The van der Waals surface area contributed by atoms with Crippen LogP contribution in [0.3, 0.4) is 0 Å². The number of anilines is 1.